The monoisotopic (exact) mass is 442 g/mol. The molecule has 3 aromatic rings. The Labute approximate surface area is 184 Å². The molecule has 1 aromatic carbocycles. The molecule has 1 amide bonds. The summed E-state index contributed by atoms with van der Waals surface area (Å²) in [5, 5.41) is 11.5. The van der Waals surface area contributed by atoms with Crippen LogP contribution in [-0.2, 0) is 11.3 Å². The average molecular weight is 442 g/mol. The second kappa shape index (κ2) is 9.47. The van der Waals surface area contributed by atoms with Gasteiger partial charge in [-0.15, -0.1) is 0 Å². The average Bonchev–Trinajstić information content (AvgIpc) is 3.18. The molecule has 2 aromatic heterocycles. The van der Waals surface area contributed by atoms with Gasteiger partial charge in [0.1, 0.15) is 18.1 Å². The molecule has 0 radical (unpaired) electrons. The van der Waals surface area contributed by atoms with Crippen molar-refractivity contribution in [2.24, 2.45) is 0 Å². The number of amides is 1. The van der Waals surface area contributed by atoms with Crippen LogP contribution in [0.25, 0.3) is 10.9 Å². The minimum atomic E-state index is -0.434. The normalized spacial score (nSPS) is 14.8. The van der Waals surface area contributed by atoms with E-state index in [9.17, 15) is 14.0 Å². The van der Waals surface area contributed by atoms with Crippen molar-refractivity contribution in [1.29, 1.82) is 0 Å². The van der Waals surface area contributed by atoms with Crippen molar-refractivity contribution < 1.29 is 13.7 Å². The number of benzene rings is 1. The number of piperazine rings is 1. The van der Waals surface area contributed by atoms with Crippen molar-refractivity contribution in [3.05, 3.63) is 51.9 Å². The summed E-state index contributed by atoms with van der Waals surface area (Å²) in [4.78, 5) is 29.4. The first-order valence-corrected chi connectivity index (χ1v) is 10.8. The number of halogens is 1. The molecule has 1 fully saturated rings. The van der Waals surface area contributed by atoms with Gasteiger partial charge in [0.05, 0.1) is 11.1 Å². The molecule has 170 valence electrons. The lowest BCUT2D eigenvalue weighted by Gasteiger charge is -2.36. The Morgan fingerprint density at radius 2 is 1.88 bits per heavy atom. The van der Waals surface area contributed by atoms with Gasteiger partial charge < -0.3 is 14.7 Å². The zero-order valence-electron chi connectivity index (χ0n) is 18.3. The predicted octanol–water partition coefficient (Wildman–Crippen LogP) is 1.47. The third-order valence-electron chi connectivity index (χ3n) is 5.76. The van der Waals surface area contributed by atoms with Crippen LogP contribution in [0.4, 0.5) is 10.1 Å². The third-order valence-corrected chi connectivity index (χ3v) is 5.76. The lowest BCUT2D eigenvalue weighted by Crippen LogP contribution is -2.47. The lowest BCUT2D eigenvalue weighted by atomic mass is 10.2. The van der Waals surface area contributed by atoms with Gasteiger partial charge in [0, 0.05) is 38.4 Å². The largest absolute Gasteiger partial charge is 0.369 e. The maximum atomic E-state index is 13.1. The number of aromatic nitrogens is 3. The molecule has 3 heterocycles. The number of nitrogens with zero attached hydrogens (tertiary/aromatic N) is 5. The highest BCUT2D eigenvalue weighted by Crippen LogP contribution is 2.17. The fourth-order valence-corrected chi connectivity index (χ4v) is 4.05. The van der Waals surface area contributed by atoms with Crippen molar-refractivity contribution in [3.63, 3.8) is 0 Å². The molecule has 0 spiro atoms. The van der Waals surface area contributed by atoms with E-state index in [4.69, 9.17) is 4.52 Å². The fraction of sp³-hybridized carbons (Fsp3) is 0.455. The maximum Gasteiger partial charge on any atom is 0.297 e. The molecule has 0 aliphatic carbocycles. The van der Waals surface area contributed by atoms with Gasteiger partial charge in [-0.3, -0.25) is 14.5 Å². The van der Waals surface area contributed by atoms with E-state index in [2.05, 4.69) is 25.4 Å². The Balaban J connectivity index is 1.20. The van der Waals surface area contributed by atoms with Gasteiger partial charge in [-0.2, -0.15) is 5.10 Å². The van der Waals surface area contributed by atoms with E-state index in [0.29, 0.717) is 23.4 Å². The summed E-state index contributed by atoms with van der Waals surface area (Å²) in [5.74, 6) is 0.0518. The standard InChI is InChI=1S/C22H27FN6O3/c1-15-20-16(2)32-26-21(20)22(31)29(25-15)14-19(30)24-8-3-9-27-10-12-28(13-11-27)18-6-4-17(23)5-7-18/h4-7H,3,8-14H2,1-2H3,(H,24,30). The molecule has 0 unspecified atom stereocenters. The Morgan fingerprint density at radius 3 is 2.59 bits per heavy atom. The van der Waals surface area contributed by atoms with Crippen molar-refractivity contribution in [2.45, 2.75) is 26.8 Å². The van der Waals surface area contributed by atoms with Gasteiger partial charge in [-0.1, -0.05) is 5.16 Å². The Kier molecular flexibility index (Phi) is 6.50. The molecule has 0 atom stereocenters. The molecule has 0 bridgehead atoms. The first-order chi connectivity index (χ1) is 15.4. The molecule has 4 rings (SSSR count). The van der Waals surface area contributed by atoms with Gasteiger partial charge in [-0.25, -0.2) is 9.07 Å². The molecule has 1 aliphatic heterocycles. The van der Waals surface area contributed by atoms with Crippen LogP contribution in [0.5, 0.6) is 0 Å². The molecule has 1 saturated heterocycles. The summed E-state index contributed by atoms with van der Waals surface area (Å²) < 4.78 is 19.3. The topological polar surface area (TPSA) is 96.5 Å². The summed E-state index contributed by atoms with van der Waals surface area (Å²) in [6.45, 7) is 8.33. The van der Waals surface area contributed by atoms with E-state index in [1.54, 1.807) is 13.8 Å². The van der Waals surface area contributed by atoms with Gasteiger partial charge in [0.15, 0.2) is 5.52 Å². The second-order valence-electron chi connectivity index (χ2n) is 8.02. The summed E-state index contributed by atoms with van der Waals surface area (Å²) in [6.07, 6.45) is 0.811. The smallest absolute Gasteiger partial charge is 0.297 e. The first-order valence-electron chi connectivity index (χ1n) is 10.8. The lowest BCUT2D eigenvalue weighted by molar-refractivity contribution is -0.121. The van der Waals surface area contributed by atoms with Crippen LogP contribution in [0.1, 0.15) is 17.9 Å². The number of carbonyl (C=O) groups is 1. The quantitative estimate of drug-likeness (QED) is 0.554. The molecule has 1 N–H and O–H groups in total. The first kappa shape index (κ1) is 21.9. The number of hydrogen-bond donors (Lipinski definition) is 1. The van der Waals surface area contributed by atoms with Crippen molar-refractivity contribution in [1.82, 2.24) is 25.2 Å². The Morgan fingerprint density at radius 1 is 1.16 bits per heavy atom. The predicted molar refractivity (Wildman–Crippen MR) is 118 cm³/mol. The molecule has 0 saturated carbocycles. The zero-order valence-corrected chi connectivity index (χ0v) is 18.3. The molecular weight excluding hydrogens is 415 g/mol. The number of rotatable bonds is 7. The molecule has 1 aliphatic rings. The zero-order chi connectivity index (χ0) is 22.7. The molecular formula is C22H27FN6O3. The SMILES string of the molecule is Cc1nn(CC(=O)NCCCN2CCN(c3ccc(F)cc3)CC2)c(=O)c2noc(C)c12. The number of hydrogen-bond acceptors (Lipinski definition) is 7. The van der Waals surface area contributed by atoms with E-state index < -0.39 is 5.56 Å². The van der Waals surface area contributed by atoms with E-state index in [0.717, 1.165) is 49.5 Å². The maximum absolute atomic E-state index is 13.1. The van der Waals surface area contributed by atoms with Crippen LogP contribution in [0, 0.1) is 19.7 Å². The fourth-order valence-electron chi connectivity index (χ4n) is 4.05. The van der Waals surface area contributed by atoms with Crippen LogP contribution in [0.3, 0.4) is 0 Å². The van der Waals surface area contributed by atoms with Gasteiger partial charge >= 0.3 is 0 Å². The van der Waals surface area contributed by atoms with Crippen LogP contribution in [0.2, 0.25) is 0 Å². The van der Waals surface area contributed by atoms with Crippen LogP contribution in [0.15, 0.2) is 33.6 Å². The summed E-state index contributed by atoms with van der Waals surface area (Å²) >= 11 is 0. The number of aryl methyl sites for hydroxylation is 2. The van der Waals surface area contributed by atoms with Gasteiger partial charge in [0.2, 0.25) is 5.91 Å². The van der Waals surface area contributed by atoms with E-state index >= 15 is 0 Å². The highest BCUT2D eigenvalue weighted by atomic mass is 19.1. The number of fused-ring (bicyclic) bond motifs is 1. The second-order valence-corrected chi connectivity index (χ2v) is 8.02. The molecule has 10 heteroatoms. The van der Waals surface area contributed by atoms with Crippen LogP contribution in [-0.4, -0.2) is 65.0 Å². The summed E-state index contributed by atoms with van der Waals surface area (Å²) in [5.41, 5.74) is 1.40. The minimum Gasteiger partial charge on any atom is -0.369 e. The molecule has 9 nitrogen and oxygen atoms in total. The number of nitrogens with one attached hydrogen (secondary N) is 1. The third kappa shape index (κ3) is 4.80. The van der Waals surface area contributed by atoms with E-state index in [1.807, 2.05) is 12.1 Å². The minimum absolute atomic E-state index is 0.155. The molecule has 32 heavy (non-hydrogen) atoms. The van der Waals surface area contributed by atoms with Crippen LogP contribution < -0.4 is 15.8 Å². The van der Waals surface area contributed by atoms with Crippen LogP contribution >= 0.6 is 0 Å². The van der Waals surface area contributed by atoms with Gasteiger partial charge in [0.25, 0.3) is 5.56 Å². The van der Waals surface area contributed by atoms with Crippen molar-refractivity contribution >= 4 is 22.5 Å². The Hall–Kier alpha value is -3.27. The number of anilines is 1. The Bertz CT molecular complexity index is 1150. The van der Waals surface area contributed by atoms with E-state index in [1.165, 1.54) is 12.1 Å². The number of carbonyl (C=O) groups excluding carboxylic acids is 1. The van der Waals surface area contributed by atoms with E-state index in [-0.39, 0.29) is 23.8 Å². The van der Waals surface area contributed by atoms with Crippen molar-refractivity contribution in [3.8, 4) is 0 Å². The van der Waals surface area contributed by atoms with Gasteiger partial charge in [-0.05, 0) is 51.1 Å². The highest BCUT2D eigenvalue weighted by molar-refractivity contribution is 5.82. The summed E-state index contributed by atoms with van der Waals surface area (Å²) in [7, 11) is 0. The summed E-state index contributed by atoms with van der Waals surface area (Å²) in [6, 6.07) is 6.59. The van der Waals surface area contributed by atoms with Crippen molar-refractivity contribution in [2.75, 3.05) is 44.2 Å². The highest BCUT2D eigenvalue weighted by Gasteiger charge is 2.18.